The third-order valence-electron chi connectivity index (χ3n) is 4.71. The monoisotopic (exact) mass is 419 g/mol. The van der Waals surface area contributed by atoms with Gasteiger partial charge in [-0.25, -0.2) is 4.79 Å². The summed E-state index contributed by atoms with van der Waals surface area (Å²) in [4.78, 5) is 26.6. The predicted octanol–water partition coefficient (Wildman–Crippen LogP) is 4.98. The first-order chi connectivity index (χ1) is 13.5. The fraction of sp³-hybridized carbons (Fsp3) is 0.333. The second-order valence-electron chi connectivity index (χ2n) is 6.80. The van der Waals surface area contributed by atoms with E-state index in [4.69, 9.17) is 23.2 Å². The van der Waals surface area contributed by atoms with Crippen molar-refractivity contribution in [2.45, 2.75) is 25.7 Å². The second kappa shape index (κ2) is 9.80. The van der Waals surface area contributed by atoms with E-state index in [1.54, 1.807) is 36.4 Å². The van der Waals surface area contributed by atoms with E-state index in [2.05, 4.69) is 10.6 Å². The molecule has 7 heteroatoms. The number of likely N-dealkylation sites (tertiary alicyclic amines) is 1. The summed E-state index contributed by atoms with van der Waals surface area (Å²) in [6, 6.07) is 12.0. The van der Waals surface area contributed by atoms with Crippen LogP contribution in [0.5, 0.6) is 0 Å². The van der Waals surface area contributed by atoms with Crippen LogP contribution < -0.4 is 10.6 Å². The first kappa shape index (κ1) is 20.5. The minimum absolute atomic E-state index is 0.0149. The van der Waals surface area contributed by atoms with Crippen molar-refractivity contribution < 1.29 is 9.59 Å². The Morgan fingerprint density at radius 3 is 2.54 bits per heavy atom. The molecule has 1 aliphatic heterocycles. The Morgan fingerprint density at radius 1 is 1.00 bits per heavy atom. The van der Waals surface area contributed by atoms with Gasteiger partial charge < -0.3 is 15.5 Å². The number of urea groups is 1. The number of halogens is 2. The van der Waals surface area contributed by atoms with Crippen LogP contribution in [0.2, 0.25) is 10.0 Å². The van der Waals surface area contributed by atoms with Crippen molar-refractivity contribution in [3.8, 4) is 0 Å². The molecule has 0 aromatic heterocycles. The highest BCUT2D eigenvalue weighted by Gasteiger charge is 2.18. The average Bonchev–Trinajstić information content (AvgIpc) is 2.70. The number of amides is 3. The van der Waals surface area contributed by atoms with Crippen LogP contribution in [-0.2, 0) is 6.42 Å². The van der Waals surface area contributed by atoms with Gasteiger partial charge in [0.1, 0.15) is 0 Å². The van der Waals surface area contributed by atoms with E-state index in [9.17, 15) is 9.59 Å². The van der Waals surface area contributed by atoms with E-state index < -0.39 is 0 Å². The molecule has 0 unspecified atom stereocenters. The maximum absolute atomic E-state index is 12.6. The zero-order chi connectivity index (χ0) is 19.9. The zero-order valence-corrected chi connectivity index (χ0v) is 17.0. The summed E-state index contributed by atoms with van der Waals surface area (Å²) in [6.45, 7) is 2.02. The molecule has 0 spiro atoms. The number of hydrogen-bond donors (Lipinski definition) is 2. The highest BCUT2D eigenvalue weighted by atomic mass is 35.5. The fourth-order valence-corrected chi connectivity index (χ4v) is 3.72. The Bertz CT molecular complexity index is 851. The Morgan fingerprint density at radius 2 is 1.79 bits per heavy atom. The molecule has 1 aliphatic rings. The molecule has 0 saturated carbocycles. The lowest BCUT2D eigenvalue weighted by molar-refractivity contribution is 0.0724. The SMILES string of the molecule is O=C(NCCc1ccc(Cl)cc1Cl)Nc1cccc(C(=O)N2CCCCC2)c1. The van der Waals surface area contributed by atoms with Gasteiger partial charge in [0.25, 0.3) is 5.91 Å². The lowest BCUT2D eigenvalue weighted by atomic mass is 10.1. The van der Waals surface area contributed by atoms with Gasteiger partial charge >= 0.3 is 6.03 Å². The van der Waals surface area contributed by atoms with E-state index in [1.807, 2.05) is 11.0 Å². The van der Waals surface area contributed by atoms with Crippen molar-refractivity contribution in [2.24, 2.45) is 0 Å². The van der Waals surface area contributed by atoms with Gasteiger partial charge in [-0.1, -0.05) is 35.3 Å². The van der Waals surface area contributed by atoms with Crippen molar-refractivity contribution >= 4 is 40.8 Å². The Hall–Kier alpha value is -2.24. The fourth-order valence-electron chi connectivity index (χ4n) is 3.22. The van der Waals surface area contributed by atoms with Crippen LogP contribution in [0.25, 0.3) is 0 Å². The molecule has 1 saturated heterocycles. The molecule has 1 heterocycles. The summed E-state index contributed by atoms with van der Waals surface area (Å²) < 4.78 is 0. The van der Waals surface area contributed by atoms with Gasteiger partial charge in [-0.2, -0.15) is 0 Å². The van der Waals surface area contributed by atoms with Gasteiger partial charge in [0.05, 0.1) is 0 Å². The van der Waals surface area contributed by atoms with Gasteiger partial charge in [-0.15, -0.1) is 0 Å². The molecule has 148 valence electrons. The maximum Gasteiger partial charge on any atom is 0.319 e. The van der Waals surface area contributed by atoms with Gasteiger partial charge in [-0.3, -0.25) is 4.79 Å². The molecule has 5 nitrogen and oxygen atoms in total. The summed E-state index contributed by atoms with van der Waals surface area (Å²) in [5.74, 6) is 0.0149. The predicted molar refractivity (Wildman–Crippen MR) is 113 cm³/mol. The third-order valence-corrected chi connectivity index (χ3v) is 5.29. The molecule has 3 rings (SSSR count). The topological polar surface area (TPSA) is 61.4 Å². The molecule has 2 aromatic rings. The molecule has 2 aromatic carbocycles. The molecular formula is C21H23Cl2N3O2. The molecule has 0 aliphatic carbocycles. The molecule has 1 fully saturated rings. The molecule has 2 N–H and O–H groups in total. The molecule has 28 heavy (non-hydrogen) atoms. The molecular weight excluding hydrogens is 397 g/mol. The van der Waals surface area contributed by atoms with Crippen molar-refractivity contribution in [2.75, 3.05) is 25.0 Å². The number of carbonyl (C=O) groups is 2. The highest BCUT2D eigenvalue weighted by molar-refractivity contribution is 6.35. The highest BCUT2D eigenvalue weighted by Crippen LogP contribution is 2.21. The number of rotatable bonds is 5. The standard InChI is InChI=1S/C21H23Cl2N3O2/c22-17-8-7-15(19(23)14-17)9-10-24-21(28)25-18-6-4-5-16(13-18)20(27)26-11-2-1-3-12-26/h4-8,13-14H,1-3,9-12H2,(H2,24,25,28). The first-order valence-electron chi connectivity index (χ1n) is 9.41. The smallest absolute Gasteiger partial charge is 0.319 e. The van der Waals surface area contributed by atoms with Crippen LogP contribution >= 0.6 is 23.2 Å². The molecule has 0 bridgehead atoms. The zero-order valence-electron chi connectivity index (χ0n) is 15.5. The van der Waals surface area contributed by atoms with E-state index >= 15 is 0 Å². The summed E-state index contributed by atoms with van der Waals surface area (Å²) in [6.07, 6.45) is 3.86. The maximum atomic E-state index is 12.6. The quantitative estimate of drug-likeness (QED) is 0.717. The van der Waals surface area contributed by atoms with Crippen molar-refractivity contribution in [3.63, 3.8) is 0 Å². The van der Waals surface area contributed by atoms with E-state index in [1.165, 1.54) is 6.42 Å². The first-order valence-corrected chi connectivity index (χ1v) is 10.2. The Balaban J connectivity index is 1.51. The van der Waals surface area contributed by atoms with Crippen LogP contribution in [0.1, 0.15) is 35.2 Å². The number of carbonyl (C=O) groups excluding carboxylic acids is 2. The summed E-state index contributed by atoms with van der Waals surface area (Å²) in [7, 11) is 0. The molecule has 0 radical (unpaired) electrons. The van der Waals surface area contributed by atoms with E-state index in [-0.39, 0.29) is 11.9 Å². The summed E-state index contributed by atoms with van der Waals surface area (Å²) >= 11 is 12.0. The molecule has 0 atom stereocenters. The van der Waals surface area contributed by atoms with Crippen molar-refractivity contribution in [3.05, 3.63) is 63.6 Å². The number of nitrogens with one attached hydrogen (secondary N) is 2. The Labute approximate surface area is 175 Å². The lowest BCUT2D eigenvalue weighted by Crippen LogP contribution is -2.35. The normalized spacial score (nSPS) is 13.9. The van der Waals surface area contributed by atoms with Gasteiger partial charge in [0.15, 0.2) is 0 Å². The minimum Gasteiger partial charge on any atom is -0.339 e. The largest absolute Gasteiger partial charge is 0.339 e. The summed E-state index contributed by atoms with van der Waals surface area (Å²) in [5.41, 5.74) is 2.10. The minimum atomic E-state index is -0.326. The van der Waals surface area contributed by atoms with Crippen LogP contribution in [0.3, 0.4) is 0 Å². The third kappa shape index (κ3) is 5.63. The van der Waals surface area contributed by atoms with Crippen LogP contribution in [0.15, 0.2) is 42.5 Å². The second-order valence-corrected chi connectivity index (χ2v) is 7.64. The van der Waals surface area contributed by atoms with Gasteiger partial charge in [0.2, 0.25) is 0 Å². The average molecular weight is 420 g/mol. The number of piperidine rings is 1. The van der Waals surface area contributed by atoms with Crippen LogP contribution in [0, 0.1) is 0 Å². The van der Waals surface area contributed by atoms with E-state index in [0.717, 1.165) is 31.5 Å². The molecule has 3 amide bonds. The number of nitrogens with zero attached hydrogens (tertiary/aromatic N) is 1. The van der Waals surface area contributed by atoms with Crippen molar-refractivity contribution in [1.29, 1.82) is 0 Å². The van der Waals surface area contributed by atoms with E-state index in [0.29, 0.717) is 34.3 Å². The van der Waals surface area contributed by atoms with Gasteiger partial charge in [-0.05, 0) is 61.6 Å². The Kier molecular flexibility index (Phi) is 7.18. The van der Waals surface area contributed by atoms with Crippen LogP contribution in [-0.4, -0.2) is 36.5 Å². The van der Waals surface area contributed by atoms with Gasteiger partial charge in [0, 0.05) is 40.9 Å². The van der Waals surface area contributed by atoms with Crippen molar-refractivity contribution in [1.82, 2.24) is 10.2 Å². The van der Waals surface area contributed by atoms with Crippen LogP contribution in [0.4, 0.5) is 10.5 Å². The number of anilines is 1. The summed E-state index contributed by atoms with van der Waals surface area (Å²) in [5, 5.41) is 6.74. The number of hydrogen-bond acceptors (Lipinski definition) is 2. The number of benzene rings is 2. The lowest BCUT2D eigenvalue weighted by Gasteiger charge is -2.26.